The van der Waals surface area contributed by atoms with Crippen LogP contribution in [-0.4, -0.2) is 14.7 Å². The van der Waals surface area contributed by atoms with E-state index in [1.54, 1.807) is 36.4 Å². The topological polar surface area (TPSA) is 72.5 Å². The van der Waals surface area contributed by atoms with Crippen molar-refractivity contribution < 1.29 is 17.9 Å². The highest BCUT2D eigenvalue weighted by atomic mass is 32.2. The highest BCUT2D eigenvalue weighted by molar-refractivity contribution is 7.91. The lowest BCUT2D eigenvalue weighted by Gasteiger charge is -2.18. The van der Waals surface area contributed by atoms with Gasteiger partial charge in [-0.3, -0.25) is 4.72 Å². The summed E-state index contributed by atoms with van der Waals surface area (Å²) < 4.78 is 33.6. The van der Waals surface area contributed by atoms with Crippen molar-refractivity contribution in [2.75, 3.05) is 4.72 Å². The first-order chi connectivity index (χ1) is 14.5. The van der Waals surface area contributed by atoms with Gasteiger partial charge in [0, 0.05) is 5.69 Å². The van der Waals surface area contributed by atoms with Crippen LogP contribution < -0.4 is 4.72 Å². The number of anilines is 1. The van der Waals surface area contributed by atoms with Gasteiger partial charge in [0.05, 0.1) is 12.4 Å². The molecular weight excluding hydrogens is 398 g/mol. The number of nitrogens with one attached hydrogen (secondary N) is 1. The fourth-order valence-electron chi connectivity index (χ4n) is 3.22. The summed E-state index contributed by atoms with van der Waals surface area (Å²) in [5, 5.41) is 0. The highest BCUT2D eigenvalue weighted by Crippen LogP contribution is 2.26. The Bertz CT molecular complexity index is 1070. The predicted molar refractivity (Wildman–Crippen MR) is 119 cm³/mol. The molecule has 3 rings (SSSR count). The quantitative estimate of drug-likeness (QED) is 0.482. The summed E-state index contributed by atoms with van der Waals surface area (Å²) >= 11 is 0. The SMILES string of the molecule is CCc1ccc(NS(=O)(=O)Cc2ccccc2)cc1C(C=O)OCc1ccccc1. The minimum atomic E-state index is -3.59. The average Bonchev–Trinajstić information content (AvgIpc) is 2.75. The molecule has 156 valence electrons. The summed E-state index contributed by atoms with van der Waals surface area (Å²) in [6.45, 7) is 2.27. The normalized spacial score (nSPS) is 12.3. The zero-order valence-corrected chi connectivity index (χ0v) is 17.6. The molecule has 0 fully saturated rings. The minimum Gasteiger partial charge on any atom is -0.361 e. The number of hydrogen-bond donors (Lipinski definition) is 1. The van der Waals surface area contributed by atoms with Gasteiger partial charge in [-0.1, -0.05) is 73.7 Å². The van der Waals surface area contributed by atoms with Crippen LogP contribution >= 0.6 is 0 Å². The van der Waals surface area contributed by atoms with Crippen LogP contribution in [0.15, 0.2) is 78.9 Å². The van der Waals surface area contributed by atoms with E-state index < -0.39 is 16.1 Å². The molecule has 0 aromatic heterocycles. The van der Waals surface area contributed by atoms with E-state index in [-0.39, 0.29) is 12.4 Å². The van der Waals surface area contributed by atoms with Gasteiger partial charge in [-0.15, -0.1) is 0 Å². The van der Waals surface area contributed by atoms with Crippen molar-refractivity contribution in [2.24, 2.45) is 0 Å². The monoisotopic (exact) mass is 423 g/mol. The Kier molecular flexibility index (Phi) is 7.38. The standard InChI is InChI=1S/C24H25NO4S/c1-2-21-13-14-22(25-30(27,28)18-20-11-7-4-8-12-20)15-23(21)24(16-26)29-17-19-9-5-3-6-10-19/h3-16,24-25H,2,17-18H2,1H3. The van der Waals surface area contributed by atoms with Crippen LogP contribution in [0.5, 0.6) is 0 Å². The second-order valence-corrected chi connectivity index (χ2v) is 8.69. The Labute approximate surface area is 177 Å². The molecule has 6 heteroatoms. The number of aldehydes is 1. The summed E-state index contributed by atoms with van der Waals surface area (Å²) in [4.78, 5) is 11.8. The second kappa shape index (κ2) is 10.2. The Morgan fingerprint density at radius 2 is 1.57 bits per heavy atom. The van der Waals surface area contributed by atoms with E-state index in [1.165, 1.54) is 0 Å². The summed E-state index contributed by atoms with van der Waals surface area (Å²) in [5.74, 6) is -0.125. The van der Waals surface area contributed by atoms with Gasteiger partial charge in [0.2, 0.25) is 10.0 Å². The third-order valence-electron chi connectivity index (χ3n) is 4.70. The van der Waals surface area contributed by atoms with Gasteiger partial charge < -0.3 is 9.53 Å². The molecule has 0 aliphatic carbocycles. The van der Waals surface area contributed by atoms with Crippen molar-refractivity contribution in [3.8, 4) is 0 Å². The van der Waals surface area contributed by atoms with Crippen LogP contribution in [-0.2, 0) is 38.3 Å². The third kappa shape index (κ3) is 6.02. The molecule has 1 unspecified atom stereocenters. The number of rotatable bonds is 10. The molecule has 1 N–H and O–H groups in total. The molecular formula is C24H25NO4S. The summed E-state index contributed by atoms with van der Waals surface area (Å²) in [6, 6.07) is 23.8. The molecule has 0 aliphatic rings. The first-order valence-electron chi connectivity index (χ1n) is 9.79. The van der Waals surface area contributed by atoms with E-state index in [2.05, 4.69) is 4.72 Å². The van der Waals surface area contributed by atoms with Crippen molar-refractivity contribution in [3.05, 3.63) is 101 Å². The lowest BCUT2D eigenvalue weighted by molar-refractivity contribution is -0.119. The Balaban J connectivity index is 1.79. The van der Waals surface area contributed by atoms with E-state index in [0.717, 1.165) is 17.4 Å². The van der Waals surface area contributed by atoms with Crippen LogP contribution in [0.25, 0.3) is 0 Å². The zero-order chi connectivity index (χ0) is 21.4. The van der Waals surface area contributed by atoms with Gasteiger partial charge in [-0.05, 0) is 40.8 Å². The Hall–Kier alpha value is -2.96. The largest absolute Gasteiger partial charge is 0.361 e. The first kappa shape index (κ1) is 21.7. The van der Waals surface area contributed by atoms with Crippen molar-refractivity contribution in [1.29, 1.82) is 0 Å². The summed E-state index contributed by atoms with van der Waals surface area (Å²) in [5.41, 5.74) is 3.68. The van der Waals surface area contributed by atoms with Gasteiger partial charge in [0.15, 0.2) is 6.29 Å². The maximum absolute atomic E-state index is 12.6. The highest BCUT2D eigenvalue weighted by Gasteiger charge is 2.18. The molecule has 0 amide bonds. The fourth-order valence-corrected chi connectivity index (χ4v) is 4.41. The van der Waals surface area contributed by atoms with Crippen LogP contribution in [0.4, 0.5) is 5.69 Å². The number of hydrogen-bond acceptors (Lipinski definition) is 4. The van der Waals surface area contributed by atoms with E-state index in [4.69, 9.17) is 4.74 Å². The molecule has 0 heterocycles. The number of carbonyl (C=O) groups is 1. The molecule has 0 radical (unpaired) electrons. The molecule has 0 bridgehead atoms. The second-order valence-electron chi connectivity index (χ2n) is 6.97. The molecule has 0 spiro atoms. The third-order valence-corrected chi connectivity index (χ3v) is 5.96. The fraction of sp³-hybridized carbons (Fsp3) is 0.208. The van der Waals surface area contributed by atoms with Gasteiger partial charge in [0.25, 0.3) is 0 Å². The lowest BCUT2D eigenvalue weighted by atomic mass is 10.00. The number of benzene rings is 3. The van der Waals surface area contributed by atoms with Gasteiger partial charge in [-0.25, -0.2) is 8.42 Å². The average molecular weight is 424 g/mol. The number of aryl methyl sites for hydroxylation is 1. The lowest BCUT2D eigenvalue weighted by Crippen LogP contribution is -2.16. The molecule has 5 nitrogen and oxygen atoms in total. The van der Waals surface area contributed by atoms with Crippen LogP contribution in [0, 0.1) is 0 Å². The summed E-state index contributed by atoms with van der Waals surface area (Å²) in [6.07, 6.45) is 0.671. The first-order valence-corrected chi connectivity index (χ1v) is 11.4. The van der Waals surface area contributed by atoms with E-state index in [9.17, 15) is 13.2 Å². The molecule has 3 aromatic carbocycles. The van der Waals surface area contributed by atoms with Gasteiger partial charge >= 0.3 is 0 Å². The maximum atomic E-state index is 12.6. The molecule has 1 atom stereocenters. The summed E-state index contributed by atoms with van der Waals surface area (Å²) in [7, 11) is -3.59. The van der Waals surface area contributed by atoms with Crippen molar-refractivity contribution in [1.82, 2.24) is 0 Å². The smallest absolute Gasteiger partial charge is 0.236 e. The minimum absolute atomic E-state index is 0.125. The van der Waals surface area contributed by atoms with E-state index >= 15 is 0 Å². The van der Waals surface area contributed by atoms with Crippen LogP contribution in [0.2, 0.25) is 0 Å². The van der Waals surface area contributed by atoms with Gasteiger partial charge in [-0.2, -0.15) is 0 Å². The van der Waals surface area contributed by atoms with Crippen molar-refractivity contribution in [3.63, 3.8) is 0 Å². The van der Waals surface area contributed by atoms with E-state index in [1.807, 2.05) is 49.4 Å². The maximum Gasteiger partial charge on any atom is 0.236 e. The Morgan fingerprint density at radius 1 is 0.933 bits per heavy atom. The van der Waals surface area contributed by atoms with Crippen LogP contribution in [0.3, 0.4) is 0 Å². The number of carbonyl (C=O) groups excluding carboxylic acids is 1. The van der Waals surface area contributed by atoms with Gasteiger partial charge in [0.1, 0.15) is 6.10 Å². The van der Waals surface area contributed by atoms with Crippen LogP contribution in [0.1, 0.15) is 35.3 Å². The molecule has 0 saturated carbocycles. The molecule has 30 heavy (non-hydrogen) atoms. The molecule has 0 aliphatic heterocycles. The zero-order valence-electron chi connectivity index (χ0n) is 16.8. The van der Waals surface area contributed by atoms with E-state index in [0.29, 0.717) is 23.2 Å². The molecule has 0 saturated heterocycles. The van der Waals surface area contributed by atoms with Crippen molar-refractivity contribution in [2.45, 2.75) is 31.8 Å². The number of ether oxygens (including phenoxy) is 1. The Morgan fingerprint density at radius 3 is 2.17 bits per heavy atom. The van der Waals surface area contributed by atoms with Crippen molar-refractivity contribution >= 4 is 22.0 Å². The molecule has 3 aromatic rings. The predicted octanol–water partition coefficient (Wildman–Crippen LogP) is 4.65. The number of sulfonamides is 1.